The lowest BCUT2D eigenvalue weighted by molar-refractivity contribution is -0.136. The minimum Gasteiger partial charge on any atom is -0.481 e. The molecule has 1 heterocycles. The van der Waals surface area contributed by atoms with Crippen LogP contribution >= 0.6 is 11.3 Å². The Bertz CT molecular complexity index is 502. The zero-order chi connectivity index (χ0) is 10.8. The SMILES string of the molecule is O=C(O)Cc1ccc2sc(CO)cc2c1. The van der Waals surface area contributed by atoms with Crippen LogP contribution in [0.1, 0.15) is 10.4 Å². The topological polar surface area (TPSA) is 57.5 Å². The van der Waals surface area contributed by atoms with Gasteiger partial charge in [0.2, 0.25) is 0 Å². The summed E-state index contributed by atoms with van der Waals surface area (Å²) in [6.07, 6.45) is 0.0419. The summed E-state index contributed by atoms with van der Waals surface area (Å²) in [6.45, 7) is 0.0353. The minimum atomic E-state index is -0.827. The number of hydrogen-bond acceptors (Lipinski definition) is 3. The molecule has 2 rings (SSSR count). The molecule has 0 fully saturated rings. The summed E-state index contributed by atoms with van der Waals surface area (Å²) in [5.74, 6) is -0.827. The third-order valence-electron chi connectivity index (χ3n) is 2.14. The standard InChI is InChI=1S/C11H10O3S/c12-6-9-5-8-3-7(4-11(13)14)1-2-10(8)15-9/h1-3,5,12H,4,6H2,(H,13,14). The molecule has 2 aromatic rings. The van der Waals surface area contributed by atoms with Crippen LogP contribution in [-0.4, -0.2) is 16.2 Å². The van der Waals surface area contributed by atoms with Crippen molar-refractivity contribution < 1.29 is 15.0 Å². The third kappa shape index (κ3) is 2.16. The molecule has 0 unspecified atom stereocenters. The predicted molar refractivity (Wildman–Crippen MR) is 59.1 cm³/mol. The molecule has 0 radical (unpaired) electrons. The molecule has 1 aromatic heterocycles. The monoisotopic (exact) mass is 222 g/mol. The summed E-state index contributed by atoms with van der Waals surface area (Å²) >= 11 is 1.53. The number of hydrogen-bond donors (Lipinski definition) is 2. The molecule has 0 saturated carbocycles. The van der Waals surface area contributed by atoms with Crippen molar-refractivity contribution in [1.82, 2.24) is 0 Å². The summed E-state index contributed by atoms with van der Waals surface area (Å²) < 4.78 is 1.08. The summed E-state index contributed by atoms with van der Waals surface area (Å²) in [4.78, 5) is 11.4. The number of aliphatic hydroxyl groups is 1. The highest BCUT2D eigenvalue weighted by Crippen LogP contribution is 2.26. The number of rotatable bonds is 3. The average molecular weight is 222 g/mol. The van der Waals surface area contributed by atoms with Gasteiger partial charge in [-0.15, -0.1) is 11.3 Å². The molecule has 0 aliphatic carbocycles. The van der Waals surface area contributed by atoms with E-state index in [1.165, 1.54) is 11.3 Å². The minimum absolute atomic E-state index is 0.0353. The van der Waals surface area contributed by atoms with Crippen molar-refractivity contribution in [3.05, 3.63) is 34.7 Å². The van der Waals surface area contributed by atoms with Gasteiger partial charge in [0.1, 0.15) is 0 Å². The van der Waals surface area contributed by atoms with E-state index < -0.39 is 5.97 Å². The van der Waals surface area contributed by atoms with Gasteiger partial charge in [-0.3, -0.25) is 4.79 Å². The second-order valence-electron chi connectivity index (χ2n) is 3.31. The number of aliphatic carboxylic acids is 1. The molecular formula is C11H10O3S. The average Bonchev–Trinajstić information content (AvgIpc) is 2.58. The van der Waals surface area contributed by atoms with Gasteiger partial charge in [-0.2, -0.15) is 0 Å². The molecule has 0 saturated heterocycles. The van der Waals surface area contributed by atoms with Crippen LogP contribution < -0.4 is 0 Å². The molecule has 4 heteroatoms. The highest BCUT2D eigenvalue weighted by molar-refractivity contribution is 7.19. The van der Waals surface area contributed by atoms with Crippen LogP contribution in [0.3, 0.4) is 0 Å². The molecule has 2 N–H and O–H groups in total. The van der Waals surface area contributed by atoms with E-state index in [2.05, 4.69) is 0 Å². The molecule has 0 aliphatic rings. The Balaban J connectivity index is 2.41. The lowest BCUT2D eigenvalue weighted by atomic mass is 10.1. The van der Waals surface area contributed by atoms with Gasteiger partial charge in [0, 0.05) is 9.58 Å². The molecule has 3 nitrogen and oxygen atoms in total. The first-order chi connectivity index (χ1) is 7.19. The third-order valence-corrected chi connectivity index (χ3v) is 3.24. The molecule has 15 heavy (non-hydrogen) atoms. The van der Waals surface area contributed by atoms with Gasteiger partial charge in [-0.1, -0.05) is 6.07 Å². The van der Waals surface area contributed by atoms with Gasteiger partial charge < -0.3 is 10.2 Å². The summed E-state index contributed by atoms with van der Waals surface area (Å²) in [5, 5.41) is 18.6. The van der Waals surface area contributed by atoms with Gasteiger partial charge in [0.05, 0.1) is 13.0 Å². The number of aliphatic hydroxyl groups excluding tert-OH is 1. The highest BCUT2D eigenvalue weighted by atomic mass is 32.1. The molecule has 0 spiro atoms. The van der Waals surface area contributed by atoms with Crippen molar-refractivity contribution in [2.45, 2.75) is 13.0 Å². The first-order valence-corrected chi connectivity index (χ1v) is 5.34. The Morgan fingerprint density at radius 2 is 2.13 bits per heavy atom. The first-order valence-electron chi connectivity index (χ1n) is 4.53. The van der Waals surface area contributed by atoms with Crippen molar-refractivity contribution in [3.8, 4) is 0 Å². The predicted octanol–water partition coefficient (Wildman–Crippen LogP) is 2.02. The fourth-order valence-electron chi connectivity index (χ4n) is 1.51. The molecule has 0 bridgehead atoms. The van der Waals surface area contributed by atoms with Crippen LogP contribution in [0.2, 0.25) is 0 Å². The lowest BCUT2D eigenvalue weighted by Gasteiger charge is -1.96. The van der Waals surface area contributed by atoms with Gasteiger partial charge in [-0.25, -0.2) is 0 Å². The van der Waals surface area contributed by atoms with Crippen LogP contribution in [0.15, 0.2) is 24.3 Å². The quantitative estimate of drug-likeness (QED) is 0.835. The summed E-state index contributed by atoms with van der Waals surface area (Å²) in [6, 6.07) is 7.47. The first kappa shape index (κ1) is 10.1. The van der Waals surface area contributed by atoms with Crippen LogP contribution in [0, 0.1) is 0 Å². The molecule has 0 atom stereocenters. The van der Waals surface area contributed by atoms with E-state index >= 15 is 0 Å². The summed E-state index contributed by atoms with van der Waals surface area (Å²) in [7, 11) is 0. The van der Waals surface area contributed by atoms with Gasteiger partial charge in [-0.05, 0) is 29.1 Å². The van der Waals surface area contributed by atoms with E-state index in [4.69, 9.17) is 10.2 Å². The second-order valence-corrected chi connectivity index (χ2v) is 4.48. The van der Waals surface area contributed by atoms with E-state index in [1.54, 1.807) is 0 Å². The van der Waals surface area contributed by atoms with Crippen molar-refractivity contribution in [1.29, 1.82) is 0 Å². The number of carboxylic acids is 1. The Morgan fingerprint density at radius 1 is 1.33 bits per heavy atom. The normalized spacial score (nSPS) is 10.7. The highest BCUT2D eigenvalue weighted by Gasteiger charge is 2.04. The Labute approximate surface area is 90.6 Å². The van der Waals surface area contributed by atoms with Crippen molar-refractivity contribution in [3.63, 3.8) is 0 Å². The molecule has 0 amide bonds. The Morgan fingerprint density at radius 3 is 2.80 bits per heavy atom. The van der Waals surface area contributed by atoms with Gasteiger partial charge >= 0.3 is 5.97 Å². The summed E-state index contributed by atoms with van der Waals surface area (Å²) in [5.41, 5.74) is 0.789. The van der Waals surface area contributed by atoms with Crippen LogP contribution in [0.4, 0.5) is 0 Å². The largest absolute Gasteiger partial charge is 0.481 e. The van der Waals surface area contributed by atoms with E-state index in [9.17, 15) is 4.79 Å². The Kier molecular flexibility index (Phi) is 2.70. The Hall–Kier alpha value is -1.39. The smallest absolute Gasteiger partial charge is 0.307 e. The maximum absolute atomic E-state index is 10.5. The second kappa shape index (κ2) is 4.00. The van der Waals surface area contributed by atoms with Gasteiger partial charge in [0.15, 0.2) is 0 Å². The number of fused-ring (bicyclic) bond motifs is 1. The zero-order valence-corrected chi connectivity index (χ0v) is 8.75. The number of carbonyl (C=O) groups is 1. The molecule has 1 aromatic carbocycles. The van der Waals surface area contributed by atoms with E-state index in [0.717, 1.165) is 20.5 Å². The zero-order valence-electron chi connectivity index (χ0n) is 7.93. The van der Waals surface area contributed by atoms with Gasteiger partial charge in [0.25, 0.3) is 0 Å². The van der Waals surface area contributed by atoms with Crippen LogP contribution in [0.25, 0.3) is 10.1 Å². The van der Waals surface area contributed by atoms with Crippen LogP contribution in [0.5, 0.6) is 0 Å². The fraction of sp³-hybridized carbons (Fsp3) is 0.182. The van der Waals surface area contributed by atoms with E-state index in [0.29, 0.717) is 0 Å². The number of carboxylic acid groups (broad SMARTS) is 1. The van der Waals surface area contributed by atoms with E-state index in [1.807, 2.05) is 24.3 Å². The molecule has 0 aliphatic heterocycles. The van der Waals surface area contributed by atoms with E-state index in [-0.39, 0.29) is 13.0 Å². The fourth-order valence-corrected chi connectivity index (χ4v) is 2.41. The van der Waals surface area contributed by atoms with Crippen molar-refractivity contribution >= 4 is 27.4 Å². The molecule has 78 valence electrons. The maximum atomic E-state index is 10.5. The van der Waals surface area contributed by atoms with Crippen molar-refractivity contribution in [2.75, 3.05) is 0 Å². The maximum Gasteiger partial charge on any atom is 0.307 e. The lowest BCUT2D eigenvalue weighted by Crippen LogP contribution is -1.99. The number of thiophene rings is 1. The van der Waals surface area contributed by atoms with Crippen molar-refractivity contribution in [2.24, 2.45) is 0 Å². The molecular weight excluding hydrogens is 212 g/mol. The van der Waals surface area contributed by atoms with Crippen LogP contribution in [-0.2, 0) is 17.8 Å². The number of benzene rings is 1.